The Morgan fingerprint density at radius 1 is 1.08 bits per heavy atom. The fraction of sp³-hybridized carbons (Fsp3) is 0.421. The first-order chi connectivity index (χ1) is 11.4. The molecule has 5 nitrogen and oxygen atoms in total. The lowest BCUT2D eigenvalue weighted by atomic mass is 10.1. The fourth-order valence-electron chi connectivity index (χ4n) is 2.80. The van der Waals surface area contributed by atoms with Gasteiger partial charge in [0.15, 0.2) is 5.82 Å². The zero-order valence-electron chi connectivity index (χ0n) is 14.5. The molecule has 2 heterocycles. The number of rotatable bonds is 3. The summed E-state index contributed by atoms with van der Waals surface area (Å²) in [6.07, 6.45) is 2.13. The molecule has 1 aliphatic rings. The number of carbonyl (C=O) groups is 1. The van der Waals surface area contributed by atoms with Crippen LogP contribution in [-0.2, 0) is 0 Å². The van der Waals surface area contributed by atoms with Crippen LogP contribution in [0.1, 0.15) is 44.1 Å². The Kier molecular flexibility index (Phi) is 4.51. The number of likely N-dealkylation sites (tertiary alicyclic amines) is 1. The van der Waals surface area contributed by atoms with Crippen molar-refractivity contribution in [2.24, 2.45) is 0 Å². The molecule has 0 atom stereocenters. The highest BCUT2D eigenvalue weighted by Crippen LogP contribution is 2.21. The fourth-order valence-corrected chi connectivity index (χ4v) is 2.80. The van der Waals surface area contributed by atoms with Gasteiger partial charge in [-0.15, -0.1) is 0 Å². The second kappa shape index (κ2) is 6.59. The lowest BCUT2D eigenvalue weighted by Crippen LogP contribution is -2.30. The minimum absolute atomic E-state index is 0.0101. The highest BCUT2D eigenvalue weighted by atomic mass is 16.2. The van der Waals surface area contributed by atoms with Crippen LogP contribution in [-0.4, -0.2) is 39.4 Å². The summed E-state index contributed by atoms with van der Waals surface area (Å²) in [6, 6.07) is 11.5. The molecule has 0 spiro atoms. The van der Waals surface area contributed by atoms with Gasteiger partial charge in [0, 0.05) is 30.3 Å². The standard InChI is InChI=1S/C19H24N4O/c1-19(2,3)22-16-13-15(18(24)23-11-7-8-12-23)20-17(21-16)14-9-5-4-6-10-14/h4-6,9-10,13H,7-8,11-12H2,1-3H3,(H,20,21,22). The van der Waals surface area contributed by atoms with E-state index in [1.54, 1.807) is 6.07 Å². The summed E-state index contributed by atoms with van der Waals surface area (Å²) in [5.74, 6) is 1.25. The summed E-state index contributed by atoms with van der Waals surface area (Å²) in [4.78, 5) is 23.8. The Hall–Kier alpha value is -2.43. The maximum Gasteiger partial charge on any atom is 0.272 e. The number of hydrogen-bond donors (Lipinski definition) is 1. The van der Waals surface area contributed by atoms with Crippen molar-refractivity contribution in [2.45, 2.75) is 39.2 Å². The number of nitrogens with one attached hydrogen (secondary N) is 1. The Bertz CT molecular complexity index is 716. The maximum atomic E-state index is 12.8. The van der Waals surface area contributed by atoms with Crippen LogP contribution in [0, 0.1) is 0 Å². The molecule has 0 radical (unpaired) electrons. The number of nitrogens with zero attached hydrogens (tertiary/aromatic N) is 3. The highest BCUT2D eigenvalue weighted by Gasteiger charge is 2.23. The van der Waals surface area contributed by atoms with Gasteiger partial charge in [-0.25, -0.2) is 9.97 Å². The van der Waals surface area contributed by atoms with Gasteiger partial charge in [0.2, 0.25) is 0 Å². The third-order valence-corrected chi connectivity index (χ3v) is 3.87. The van der Waals surface area contributed by atoms with Crippen LogP contribution in [0.4, 0.5) is 5.82 Å². The topological polar surface area (TPSA) is 58.1 Å². The number of amides is 1. The van der Waals surface area contributed by atoms with Crippen molar-refractivity contribution in [3.8, 4) is 11.4 Å². The second-order valence-electron chi connectivity index (χ2n) is 7.20. The van der Waals surface area contributed by atoms with Gasteiger partial charge in [-0.2, -0.15) is 0 Å². The van der Waals surface area contributed by atoms with Crippen molar-refractivity contribution in [3.63, 3.8) is 0 Å². The maximum absolute atomic E-state index is 12.8. The van der Waals surface area contributed by atoms with E-state index in [4.69, 9.17) is 0 Å². The van der Waals surface area contributed by atoms with Crippen LogP contribution in [0.15, 0.2) is 36.4 Å². The Morgan fingerprint density at radius 3 is 2.38 bits per heavy atom. The van der Waals surface area contributed by atoms with Gasteiger partial charge in [0.1, 0.15) is 11.5 Å². The number of hydrogen-bond acceptors (Lipinski definition) is 4. The molecule has 2 aromatic rings. The predicted molar refractivity (Wildman–Crippen MR) is 96.0 cm³/mol. The van der Waals surface area contributed by atoms with Gasteiger partial charge < -0.3 is 10.2 Å². The molecule has 1 aromatic carbocycles. The highest BCUT2D eigenvalue weighted by molar-refractivity contribution is 5.93. The Morgan fingerprint density at radius 2 is 1.75 bits per heavy atom. The van der Waals surface area contributed by atoms with Crippen molar-refractivity contribution in [1.82, 2.24) is 14.9 Å². The van der Waals surface area contributed by atoms with Crippen molar-refractivity contribution in [2.75, 3.05) is 18.4 Å². The van der Waals surface area contributed by atoms with E-state index in [1.807, 2.05) is 35.2 Å². The molecule has 5 heteroatoms. The van der Waals surface area contributed by atoms with Gasteiger partial charge in [-0.3, -0.25) is 4.79 Å². The minimum Gasteiger partial charge on any atom is -0.365 e. The normalized spacial score (nSPS) is 14.7. The molecule has 1 fully saturated rings. The average Bonchev–Trinajstić information content (AvgIpc) is 3.07. The summed E-state index contributed by atoms with van der Waals surface area (Å²) in [6.45, 7) is 7.83. The predicted octanol–water partition coefficient (Wildman–Crippen LogP) is 3.59. The van der Waals surface area contributed by atoms with Crippen LogP contribution in [0.25, 0.3) is 11.4 Å². The molecular formula is C19H24N4O. The summed E-state index contributed by atoms with van der Waals surface area (Å²) in [5.41, 5.74) is 1.22. The van der Waals surface area contributed by atoms with Crippen molar-refractivity contribution >= 4 is 11.7 Å². The molecule has 0 aliphatic carbocycles. The molecule has 0 unspecified atom stereocenters. The molecule has 0 saturated carbocycles. The third-order valence-electron chi connectivity index (χ3n) is 3.87. The van der Waals surface area contributed by atoms with Crippen LogP contribution in [0.5, 0.6) is 0 Å². The van der Waals surface area contributed by atoms with Crippen molar-refractivity contribution in [3.05, 3.63) is 42.1 Å². The van der Waals surface area contributed by atoms with E-state index < -0.39 is 0 Å². The number of anilines is 1. The lowest BCUT2D eigenvalue weighted by molar-refractivity contribution is 0.0787. The van der Waals surface area contributed by atoms with E-state index >= 15 is 0 Å². The van der Waals surface area contributed by atoms with Gasteiger partial charge in [-0.1, -0.05) is 30.3 Å². The molecule has 1 aromatic heterocycles. The average molecular weight is 324 g/mol. The number of carbonyl (C=O) groups excluding carboxylic acids is 1. The van der Waals surface area contributed by atoms with E-state index in [9.17, 15) is 4.79 Å². The number of benzene rings is 1. The van der Waals surface area contributed by atoms with Crippen LogP contribution >= 0.6 is 0 Å². The second-order valence-corrected chi connectivity index (χ2v) is 7.20. The quantitative estimate of drug-likeness (QED) is 0.937. The third kappa shape index (κ3) is 3.91. The van der Waals surface area contributed by atoms with Gasteiger partial charge in [-0.05, 0) is 33.6 Å². The first-order valence-electron chi connectivity index (χ1n) is 8.44. The summed E-state index contributed by atoms with van der Waals surface area (Å²) in [5, 5.41) is 3.36. The summed E-state index contributed by atoms with van der Waals surface area (Å²) < 4.78 is 0. The molecule has 126 valence electrons. The lowest BCUT2D eigenvalue weighted by Gasteiger charge is -2.22. The van der Waals surface area contributed by atoms with E-state index in [0.29, 0.717) is 17.3 Å². The Balaban J connectivity index is 2.00. The monoisotopic (exact) mass is 324 g/mol. The van der Waals surface area contributed by atoms with E-state index in [0.717, 1.165) is 31.5 Å². The molecule has 0 bridgehead atoms. The smallest absolute Gasteiger partial charge is 0.272 e. The van der Waals surface area contributed by atoms with Crippen molar-refractivity contribution < 1.29 is 4.79 Å². The molecular weight excluding hydrogens is 300 g/mol. The number of aromatic nitrogens is 2. The largest absolute Gasteiger partial charge is 0.365 e. The zero-order chi connectivity index (χ0) is 17.2. The van der Waals surface area contributed by atoms with Crippen molar-refractivity contribution in [1.29, 1.82) is 0 Å². The van der Waals surface area contributed by atoms with Gasteiger partial charge >= 0.3 is 0 Å². The summed E-state index contributed by atoms with van der Waals surface area (Å²) >= 11 is 0. The zero-order valence-corrected chi connectivity index (χ0v) is 14.5. The molecule has 3 rings (SSSR count). The van der Waals surface area contributed by atoms with Gasteiger partial charge in [0.05, 0.1) is 0 Å². The molecule has 1 amide bonds. The molecule has 1 saturated heterocycles. The summed E-state index contributed by atoms with van der Waals surface area (Å²) in [7, 11) is 0. The molecule has 1 N–H and O–H groups in total. The van der Waals surface area contributed by atoms with E-state index in [-0.39, 0.29) is 11.4 Å². The molecule has 1 aliphatic heterocycles. The van der Waals surface area contributed by atoms with Gasteiger partial charge in [0.25, 0.3) is 5.91 Å². The van der Waals surface area contributed by atoms with Crippen LogP contribution in [0.2, 0.25) is 0 Å². The van der Waals surface area contributed by atoms with E-state index in [1.165, 1.54) is 0 Å². The Labute approximate surface area is 143 Å². The van der Waals surface area contributed by atoms with E-state index in [2.05, 4.69) is 36.1 Å². The minimum atomic E-state index is -0.143. The molecule has 24 heavy (non-hydrogen) atoms. The van der Waals surface area contributed by atoms with Crippen LogP contribution in [0.3, 0.4) is 0 Å². The first-order valence-corrected chi connectivity index (χ1v) is 8.44. The first kappa shape index (κ1) is 16.4. The van der Waals surface area contributed by atoms with Crippen LogP contribution < -0.4 is 5.32 Å². The SMILES string of the molecule is CC(C)(C)Nc1cc(C(=O)N2CCCC2)nc(-c2ccccc2)n1.